The highest BCUT2D eigenvalue weighted by atomic mass is 35.5. The van der Waals surface area contributed by atoms with Gasteiger partial charge in [-0.3, -0.25) is 10.1 Å². The zero-order valence-corrected chi connectivity index (χ0v) is 11.4. The van der Waals surface area contributed by atoms with Gasteiger partial charge in [0.2, 0.25) is 0 Å². The minimum absolute atomic E-state index is 0.0682. The number of hydrogen-bond donors (Lipinski definition) is 1. The summed E-state index contributed by atoms with van der Waals surface area (Å²) in [5, 5.41) is 13.9. The minimum Gasteiger partial charge on any atom is -0.485 e. The van der Waals surface area contributed by atoms with E-state index >= 15 is 0 Å². The molecule has 0 saturated heterocycles. The van der Waals surface area contributed by atoms with Crippen LogP contribution in [0.4, 0.5) is 11.5 Å². The fraction of sp³-hybridized carbons (Fsp3) is 0.154. The predicted octanol–water partition coefficient (Wildman–Crippen LogP) is 3.26. The summed E-state index contributed by atoms with van der Waals surface area (Å²) >= 11 is 5.95. The lowest BCUT2D eigenvalue weighted by Gasteiger charge is -2.08. The summed E-state index contributed by atoms with van der Waals surface area (Å²) in [6, 6.07) is 9.52. The lowest BCUT2D eigenvalue weighted by atomic mass is 10.3. The molecule has 1 aromatic heterocycles. The van der Waals surface area contributed by atoms with Crippen molar-refractivity contribution in [1.82, 2.24) is 4.98 Å². The van der Waals surface area contributed by atoms with Gasteiger partial charge < -0.3 is 10.1 Å². The van der Waals surface area contributed by atoms with Crippen LogP contribution in [0.1, 0.15) is 5.69 Å². The van der Waals surface area contributed by atoms with Gasteiger partial charge in [-0.25, -0.2) is 4.98 Å². The van der Waals surface area contributed by atoms with Crippen molar-refractivity contribution >= 4 is 23.1 Å². The van der Waals surface area contributed by atoms with Gasteiger partial charge >= 0.3 is 0 Å². The van der Waals surface area contributed by atoms with Crippen molar-refractivity contribution in [3.8, 4) is 5.75 Å². The van der Waals surface area contributed by atoms with Gasteiger partial charge in [-0.1, -0.05) is 17.7 Å². The Labute approximate surface area is 120 Å². The van der Waals surface area contributed by atoms with Gasteiger partial charge in [-0.05, 0) is 18.2 Å². The molecule has 0 saturated carbocycles. The summed E-state index contributed by atoms with van der Waals surface area (Å²) in [7, 11) is 1.77. The second kappa shape index (κ2) is 6.21. The lowest BCUT2D eigenvalue weighted by Crippen LogP contribution is -2.01. The van der Waals surface area contributed by atoms with Gasteiger partial charge in [-0.15, -0.1) is 0 Å². The molecule has 104 valence electrons. The first kappa shape index (κ1) is 14.1. The molecule has 0 amide bonds. The number of anilines is 1. The zero-order chi connectivity index (χ0) is 14.5. The molecule has 2 rings (SSSR count). The quantitative estimate of drug-likeness (QED) is 0.676. The van der Waals surface area contributed by atoms with Crippen molar-refractivity contribution in [2.75, 3.05) is 12.4 Å². The van der Waals surface area contributed by atoms with Crippen LogP contribution >= 0.6 is 11.6 Å². The molecule has 0 aliphatic rings. The Morgan fingerprint density at radius 1 is 1.40 bits per heavy atom. The van der Waals surface area contributed by atoms with E-state index in [1.165, 1.54) is 18.2 Å². The first-order valence-corrected chi connectivity index (χ1v) is 6.18. The minimum atomic E-state index is -0.497. The SMILES string of the molecule is CNc1cccc(COc2cc([N+](=O)[O-])ccc2Cl)n1. The number of aromatic nitrogens is 1. The standard InChI is InChI=1S/C13H12ClN3O3/c1-15-13-4-2-3-9(16-13)8-20-12-7-10(17(18)19)5-6-11(12)14/h2-7H,8H2,1H3,(H,15,16). The highest BCUT2D eigenvalue weighted by molar-refractivity contribution is 6.32. The number of ether oxygens (including phenoxy) is 1. The molecule has 0 radical (unpaired) electrons. The van der Waals surface area contributed by atoms with Crippen LogP contribution in [0.3, 0.4) is 0 Å². The van der Waals surface area contributed by atoms with Crippen LogP contribution in [-0.2, 0) is 6.61 Å². The first-order chi connectivity index (χ1) is 9.60. The molecule has 0 atom stereocenters. The normalized spacial score (nSPS) is 10.1. The third-order valence-corrected chi connectivity index (χ3v) is 2.88. The topological polar surface area (TPSA) is 77.3 Å². The third kappa shape index (κ3) is 3.36. The number of nitro benzene ring substituents is 1. The van der Waals surface area contributed by atoms with E-state index in [0.29, 0.717) is 10.7 Å². The molecule has 0 aliphatic heterocycles. The summed E-state index contributed by atoms with van der Waals surface area (Å²) < 4.78 is 5.49. The summed E-state index contributed by atoms with van der Waals surface area (Å²) in [5.41, 5.74) is 0.626. The number of non-ortho nitro benzene ring substituents is 1. The maximum absolute atomic E-state index is 10.7. The summed E-state index contributed by atoms with van der Waals surface area (Å²) in [6.45, 7) is 0.177. The molecule has 1 heterocycles. The summed E-state index contributed by atoms with van der Waals surface area (Å²) in [4.78, 5) is 14.5. The molecule has 1 N–H and O–H groups in total. The molecular weight excluding hydrogens is 282 g/mol. The molecule has 0 unspecified atom stereocenters. The Hall–Kier alpha value is -2.34. The van der Waals surface area contributed by atoms with E-state index in [1.54, 1.807) is 13.1 Å². The Bertz CT molecular complexity index is 634. The van der Waals surface area contributed by atoms with Crippen LogP contribution in [0.15, 0.2) is 36.4 Å². The third-order valence-electron chi connectivity index (χ3n) is 2.56. The number of benzene rings is 1. The smallest absolute Gasteiger partial charge is 0.273 e. The maximum Gasteiger partial charge on any atom is 0.273 e. The number of hydrogen-bond acceptors (Lipinski definition) is 5. The van der Waals surface area contributed by atoms with Crippen molar-refractivity contribution in [1.29, 1.82) is 0 Å². The van der Waals surface area contributed by atoms with Gasteiger partial charge in [-0.2, -0.15) is 0 Å². The van der Waals surface area contributed by atoms with Crippen LogP contribution in [0.5, 0.6) is 5.75 Å². The van der Waals surface area contributed by atoms with E-state index in [-0.39, 0.29) is 18.0 Å². The van der Waals surface area contributed by atoms with E-state index in [4.69, 9.17) is 16.3 Å². The maximum atomic E-state index is 10.7. The average molecular weight is 294 g/mol. The molecule has 6 nitrogen and oxygen atoms in total. The van der Waals surface area contributed by atoms with Gasteiger partial charge in [0.1, 0.15) is 18.2 Å². The Morgan fingerprint density at radius 3 is 2.90 bits per heavy atom. The van der Waals surface area contributed by atoms with Gasteiger partial charge in [0.05, 0.1) is 21.7 Å². The fourth-order valence-corrected chi connectivity index (χ4v) is 1.74. The molecule has 7 heteroatoms. The number of nitrogens with zero attached hydrogens (tertiary/aromatic N) is 2. The summed E-state index contributed by atoms with van der Waals surface area (Å²) in [5.74, 6) is 0.980. The zero-order valence-electron chi connectivity index (χ0n) is 10.7. The van der Waals surface area contributed by atoms with Crippen molar-refractivity contribution in [2.24, 2.45) is 0 Å². The van der Waals surface area contributed by atoms with Gasteiger partial charge in [0.15, 0.2) is 0 Å². The molecule has 20 heavy (non-hydrogen) atoms. The highest BCUT2D eigenvalue weighted by Gasteiger charge is 2.11. The number of nitrogens with one attached hydrogen (secondary N) is 1. The van der Waals surface area contributed by atoms with E-state index in [1.807, 2.05) is 12.1 Å². The molecule has 0 bridgehead atoms. The largest absolute Gasteiger partial charge is 0.485 e. The van der Waals surface area contributed by atoms with Crippen molar-refractivity contribution in [2.45, 2.75) is 6.61 Å². The Morgan fingerprint density at radius 2 is 2.20 bits per heavy atom. The van der Waals surface area contributed by atoms with E-state index < -0.39 is 4.92 Å². The Balaban J connectivity index is 2.13. The van der Waals surface area contributed by atoms with E-state index in [0.717, 1.165) is 5.82 Å². The van der Waals surface area contributed by atoms with Crippen LogP contribution in [0, 0.1) is 10.1 Å². The second-order valence-electron chi connectivity index (χ2n) is 3.92. The van der Waals surface area contributed by atoms with Crippen LogP contribution in [0.25, 0.3) is 0 Å². The number of rotatable bonds is 5. The highest BCUT2D eigenvalue weighted by Crippen LogP contribution is 2.29. The lowest BCUT2D eigenvalue weighted by molar-refractivity contribution is -0.384. The molecular formula is C13H12ClN3O3. The van der Waals surface area contributed by atoms with Crippen LogP contribution < -0.4 is 10.1 Å². The molecule has 0 aliphatic carbocycles. The number of nitro groups is 1. The predicted molar refractivity (Wildman–Crippen MR) is 76.2 cm³/mol. The van der Waals surface area contributed by atoms with Crippen LogP contribution in [-0.4, -0.2) is 17.0 Å². The van der Waals surface area contributed by atoms with Crippen molar-refractivity contribution in [3.05, 3.63) is 57.2 Å². The monoisotopic (exact) mass is 293 g/mol. The Kier molecular flexibility index (Phi) is 4.37. The average Bonchev–Trinajstić information content (AvgIpc) is 2.46. The molecule has 2 aromatic rings. The van der Waals surface area contributed by atoms with Gasteiger partial charge in [0.25, 0.3) is 5.69 Å². The van der Waals surface area contributed by atoms with Crippen LogP contribution in [0.2, 0.25) is 5.02 Å². The van der Waals surface area contributed by atoms with Crippen molar-refractivity contribution in [3.63, 3.8) is 0 Å². The first-order valence-electron chi connectivity index (χ1n) is 5.80. The number of halogens is 1. The molecule has 0 spiro atoms. The fourth-order valence-electron chi connectivity index (χ4n) is 1.57. The second-order valence-corrected chi connectivity index (χ2v) is 4.33. The van der Waals surface area contributed by atoms with E-state index in [2.05, 4.69) is 10.3 Å². The number of pyridine rings is 1. The molecule has 0 fully saturated rings. The van der Waals surface area contributed by atoms with Gasteiger partial charge in [0, 0.05) is 13.1 Å². The summed E-state index contributed by atoms with van der Waals surface area (Å²) in [6.07, 6.45) is 0. The van der Waals surface area contributed by atoms with E-state index in [9.17, 15) is 10.1 Å². The van der Waals surface area contributed by atoms with Crippen molar-refractivity contribution < 1.29 is 9.66 Å². The molecule has 1 aromatic carbocycles.